The molecule has 8 nitrogen and oxygen atoms in total. The van der Waals surface area contributed by atoms with E-state index >= 15 is 4.39 Å². The van der Waals surface area contributed by atoms with E-state index in [4.69, 9.17) is 15.5 Å². The largest absolute Gasteiger partial charge is 0.454 e. The minimum Gasteiger partial charge on any atom is -0.454 e. The molecule has 3 N–H and O–H groups in total. The number of halogens is 1. The first-order chi connectivity index (χ1) is 24.7. The number of aliphatic imine (C=N–C) groups is 1. The van der Waals surface area contributed by atoms with Crippen LogP contribution in [0.15, 0.2) is 95.1 Å². The van der Waals surface area contributed by atoms with Crippen molar-refractivity contribution in [3.8, 4) is 11.5 Å². The van der Waals surface area contributed by atoms with Crippen molar-refractivity contribution in [3.63, 3.8) is 0 Å². The molecule has 0 saturated heterocycles. The third-order valence-corrected chi connectivity index (χ3v) is 11.7. The van der Waals surface area contributed by atoms with E-state index in [-0.39, 0.29) is 23.5 Å². The number of rotatable bonds is 3. The maximum atomic E-state index is 16.4. The van der Waals surface area contributed by atoms with Crippen molar-refractivity contribution in [2.75, 3.05) is 13.6 Å². The monoisotopic (exact) mass is 718 g/mol. The molecule has 0 saturated carbocycles. The van der Waals surface area contributed by atoms with Crippen LogP contribution in [0.4, 0.5) is 4.39 Å². The molecule has 0 unspecified atom stereocenters. The quantitative estimate of drug-likeness (QED) is 0.194. The summed E-state index contributed by atoms with van der Waals surface area (Å²) in [4.78, 5) is 26.4. The lowest BCUT2D eigenvalue weighted by Gasteiger charge is -2.50. The zero-order valence-electron chi connectivity index (χ0n) is 30.8. The summed E-state index contributed by atoms with van der Waals surface area (Å²) in [5.41, 5.74) is 11.6. The van der Waals surface area contributed by atoms with Gasteiger partial charge in [-0.2, -0.15) is 0 Å². The van der Waals surface area contributed by atoms with Gasteiger partial charge in [0, 0.05) is 54.0 Å². The molecule has 52 heavy (non-hydrogen) atoms. The fourth-order valence-corrected chi connectivity index (χ4v) is 8.39. The molecule has 5 heterocycles. The van der Waals surface area contributed by atoms with Crippen LogP contribution in [0.2, 0.25) is 0 Å². The summed E-state index contributed by atoms with van der Waals surface area (Å²) in [7, 11) is 1.84. The number of carbonyl (C=O) groups excluding carboxylic acids is 1. The number of hydrogen-bond acceptors (Lipinski definition) is 7. The highest BCUT2D eigenvalue weighted by molar-refractivity contribution is 7.98. The number of fused-ring (bicyclic) bond motifs is 10. The van der Waals surface area contributed by atoms with Crippen LogP contribution in [0.5, 0.6) is 11.5 Å². The lowest BCUT2D eigenvalue weighted by atomic mass is 9.70. The maximum absolute atomic E-state index is 16.4. The van der Waals surface area contributed by atoms with Crippen molar-refractivity contribution in [3.05, 3.63) is 119 Å². The lowest BCUT2D eigenvalue weighted by molar-refractivity contribution is -0.130. The predicted molar refractivity (Wildman–Crippen MR) is 207 cm³/mol. The second kappa shape index (κ2) is 13.7. The van der Waals surface area contributed by atoms with Gasteiger partial charge in [0.15, 0.2) is 23.2 Å². The molecule has 5 aromatic rings. The van der Waals surface area contributed by atoms with Crippen LogP contribution in [-0.2, 0) is 16.6 Å². The molecule has 10 heteroatoms. The number of nitrogens with zero attached hydrogens (tertiary/aromatic N) is 4. The second-order valence-electron chi connectivity index (χ2n) is 15.5. The van der Waals surface area contributed by atoms with Gasteiger partial charge < -0.3 is 15.0 Å². The predicted octanol–water partition coefficient (Wildman–Crippen LogP) is 8.66. The highest BCUT2D eigenvalue weighted by Crippen LogP contribution is 2.43. The number of aryl methyl sites for hydroxylation is 2. The number of nitrogens with two attached hydrogens (primary N) is 1. The average molecular weight is 719 g/mol. The number of likely N-dealkylation sites (N-methyl/N-ethyl adjacent to an activating group) is 1. The standard InChI is InChI=1S/C42H47FN6O2S/c1-27-12-14-31(15-13-27)52-49-21-17-32-33-24-37(50)48(6)26-40(3,4)18-7-8-19-41(5,29-11-9-10-28(2)22-29)42(44)46-39(47-42)35-23-30(16-20-45-35)51-38(33)34(43)25-36(32)49/h9-17,20-23,25H,7-8,18-19,24,26,44H2,1-6H3,(H,46,47)/t41-/m1/s1. The number of amidine groups is 1. The average Bonchev–Trinajstić information content (AvgIpc) is 3.48. The van der Waals surface area contributed by atoms with Crippen LogP contribution in [0, 0.1) is 25.1 Å². The smallest absolute Gasteiger partial charge is 0.226 e. The van der Waals surface area contributed by atoms with Crippen molar-refractivity contribution in [1.82, 2.24) is 19.2 Å². The summed E-state index contributed by atoms with van der Waals surface area (Å²) in [6.45, 7) is 11.3. The van der Waals surface area contributed by atoms with Crippen molar-refractivity contribution in [2.45, 2.75) is 82.8 Å². The molecule has 4 bridgehead atoms. The first-order valence-corrected chi connectivity index (χ1v) is 18.7. The first-order valence-electron chi connectivity index (χ1n) is 17.9. The number of hydrogen-bond donors (Lipinski definition) is 2. The van der Waals surface area contributed by atoms with Gasteiger partial charge in [0.1, 0.15) is 11.4 Å². The van der Waals surface area contributed by atoms with Crippen molar-refractivity contribution < 1.29 is 13.9 Å². The van der Waals surface area contributed by atoms with Gasteiger partial charge >= 0.3 is 0 Å². The Morgan fingerprint density at radius 1 is 0.962 bits per heavy atom. The highest BCUT2D eigenvalue weighted by atomic mass is 32.2. The van der Waals surface area contributed by atoms with Gasteiger partial charge in [-0.3, -0.25) is 19.5 Å². The molecule has 1 amide bonds. The number of pyridine rings is 1. The summed E-state index contributed by atoms with van der Waals surface area (Å²) in [6, 6.07) is 23.5. The van der Waals surface area contributed by atoms with Crippen molar-refractivity contribution >= 4 is 34.6 Å². The minimum atomic E-state index is -1.06. The van der Waals surface area contributed by atoms with Crippen LogP contribution < -0.4 is 15.8 Å². The van der Waals surface area contributed by atoms with E-state index in [1.165, 1.54) is 18.0 Å². The van der Waals surface area contributed by atoms with Gasteiger partial charge in [-0.25, -0.2) is 9.38 Å². The van der Waals surface area contributed by atoms with Crippen molar-refractivity contribution in [2.24, 2.45) is 16.1 Å². The highest BCUT2D eigenvalue weighted by Gasteiger charge is 2.52. The maximum Gasteiger partial charge on any atom is 0.226 e. The van der Waals surface area contributed by atoms with E-state index in [0.717, 1.165) is 52.7 Å². The lowest BCUT2D eigenvalue weighted by Crippen LogP contribution is -2.72. The Labute approximate surface area is 309 Å². The van der Waals surface area contributed by atoms with Crippen LogP contribution in [0.1, 0.15) is 74.4 Å². The Bertz CT molecular complexity index is 2180. The summed E-state index contributed by atoms with van der Waals surface area (Å²) < 4.78 is 24.7. The van der Waals surface area contributed by atoms with E-state index in [0.29, 0.717) is 34.9 Å². The van der Waals surface area contributed by atoms with E-state index in [1.54, 1.807) is 23.2 Å². The zero-order chi connectivity index (χ0) is 36.8. The van der Waals surface area contributed by atoms with Crippen LogP contribution in [0.3, 0.4) is 0 Å². The molecule has 0 fully saturated rings. The van der Waals surface area contributed by atoms with Gasteiger partial charge in [0.2, 0.25) is 5.91 Å². The van der Waals surface area contributed by atoms with E-state index in [9.17, 15) is 4.79 Å². The summed E-state index contributed by atoms with van der Waals surface area (Å²) in [6.07, 6.45) is 7.12. The Hall–Kier alpha value is -4.67. The number of aromatic nitrogens is 2. The molecule has 2 atom stereocenters. The Kier molecular flexibility index (Phi) is 9.42. The summed E-state index contributed by atoms with van der Waals surface area (Å²) >= 11 is 1.49. The second-order valence-corrected chi connectivity index (χ2v) is 16.5. The molecule has 3 aliphatic heterocycles. The fraction of sp³-hybridized carbons (Fsp3) is 0.357. The van der Waals surface area contributed by atoms with Gasteiger partial charge in [-0.1, -0.05) is 74.2 Å². The molecule has 0 spiro atoms. The van der Waals surface area contributed by atoms with E-state index in [1.807, 2.05) is 42.3 Å². The van der Waals surface area contributed by atoms with Gasteiger partial charge in [-0.15, -0.1) is 0 Å². The van der Waals surface area contributed by atoms with Crippen LogP contribution in [-0.4, -0.2) is 45.0 Å². The third kappa shape index (κ3) is 6.94. The molecule has 3 aromatic carbocycles. The number of carbonyl (C=O) groups is 1. The van der Waals surface area contributed by atoms with Gasteiger partial charge in [0.25, 0.3) is 0 Å². The van der Waals surface area contributed by atoms with E-state index < -0.39 is 17.0 Å². The Balaban J connectivity index is 1.30. The van der Waals surface area contributed by atoms with Crippen LogP contribution >= 0.6 is 11.9 Å². The molecular weight excluding hydrogens is 672 g/mol. The number of amides is 1. The number of benzene rings is 3. The molecule has 3 aliphatic rings. The minimum absolute atomic E-state index is 0.0189. The normalized spacial score (nSPS) is 22.2. The topological polar surface area (TPSA) is 97.8 Å². The molecular formula is C42H47FN6O2S. The fourth-order valence-electron chi connectivity index (χ4n) is 7.54. The SMILES string of the molecule is Cc1ccc(Sn2ccc3c4c(c(F)cc32)Oc2ccnc(c2)C2=N[C@@](N)(N2)[C@@](C)(c2cccc(C)c2)CCCCC(C)(C)CN(C)C(=O)C4)cc1. The number of ether oxygens (including phenoxy) is 1. The van der Waals surface area contributed by atoms with Crippen LogP contribution in [0.25, 0.3) is 10.9 Å². The Morgan fingerprint density at radius 3 is 2.46 bits per heavy atom. The zero-order valence-corrected chi connectivity index (χ0v) is 31.6. The first kappa shape index (κ1) is 35.7. The summed E-state index contributed by atoms with van der Waals surface area (Å²) in [5, 5.41) is 4.23. The molecule has 0 radical (unpaired) electrons. The molecule has 0 aliphatic carbocycles. The summed E-state index contributed by atoms with van der Waals surface area (Å²) in [5.74, 6) is -0.782. The molecule has 2 aromatic heterocycles. The Morgan fingerprint density at radius 2 is 1.71 bits per heavy atom. The third-order valence-electron chi connectivity index (χ3n) is 10.7. The van der Waals surface area contributed by atoms with Crippen molar-refractivity contribution in [1.29, 1.82) is 0 Å². The number of nitrogens with one attached hydrogen (secondary N) is 1. The van der Waals surface area contributed by atoms with E-state index in [2.05, 4.69) is 74.4 Å². The van der Waals surface area contributed by atoms with Gasteiger partial charge in [-0.05, 0) is 80.8 Å². The van der Waals surface area contributed by atoms with Gasteiger partial charge in [0.05, 0.1) is 17.4 Å². The molecule has 270 valence electrons. The molecule has 8 rings (SSSR count).